The zero-order valence-corrected chi connectivity index (χ0v) is 11.0. The van der Waals surface area contributed by atoms with E-state index in [-0.39, 0.29) is 0 Å². The highest BCUT2D eigenvalue weighted by Gasteiger charge is 2.45. The third-order valence-corrected chi connectivity index (χ3v) is 4.33. The number of hydrogen-bond acceptors (Lipinski definition) is 3. The van der Waals surface area contributed by atoms with Gasteiger partial charge in [0.15, 0.2) is 0 Å². The molecule has 17 heavy (non-hydrogen) atoms. The Morgan fingerprint density at radius 3 is 2.82 bits per heavy atom. The predicted molar refractivity (Wildman–Crippen MR) is 69.1 cm³/mol. The molecule has 1 aliphatic carbocycles. The van der Waals surface area contributed by atoms with Gasteiger partial charge in [0.25, 0.3) is 0 Å². The van der Waals surface area contributed by atoms with Crippen LogP contribution in [0.5, 0.6) is 0 Å². The molecule has 94 valence electrons. The summed E-state index contributed by atoms with van der Waals surface area (Å²) < 4.78 is 1.89. The van der Waals surface area contributed by atoms with Crippen LogP contribution in [0.15, 0.2) is 12.4 Å². The van der Waals surface area contributed by atoms with E-state index in [1.807, 2.05) is 17.9 Å². The molecule has 2 unspecified atom stereocenters. The van der Waals surface area contributed by atoms with Gasteiger partial charge in [-0.2, -0.15) is 5.10 Å². The first kappa shape index (κ1) is 11.1. The quantitative estimate of drug-likeness (QED) is 0.839. The molecule has 0 radical (unpaired) electrons. The molecule has 1 aromatic heterocycles. The van der Waals surface area contributed by atoms with E-state index in [2.05, 4.69) is 35.4 Å². The first-order chi connectivity index (χ1) is 8.08. The van der Waals surface area contributed by atoms with Crippen LogP contribution in [0.4, 0.5) is 5.69 Å². The fourth-order valence-corrected chi connectivity index (χ4v) is 2.95. The summed E-state index contributed by atoms with van der Waals surface area (Å²) in [5.74, 6) is 0.870. The van der Waals surface area contributed by atoms with Crippen molar-refractivity contribution in [3.05, 3.63) is 12.4 Å². The van der Waals surface area contributed by atoms with Crippen molar-refractivity contribution in [3.8, 4) is 0 Å². The Morgan fingerprint density at radius 2 is 2.24 bits per heavy atom. The van der Waals surface area contributed by atoms with Gasteiger partial charge < -0.3 is 10.2 Å². The Morgan fingerprint density at radius 1 is 1.47 bits per heavy atom. The molecule has 2 aliphatic rings. The maximum atomic E-state index is 4.29. The summed E-state index contributed by atoms with van der Waals surface area (Å²) in [5.41, 5.74) is 1.55. The summed E-state index contributed by atoms with van der Waals surface area (Å²) in [7, 11) is 1.98. The van der Waals surface area contributed by atoms with Gasteiger partial charge in [0.1, 0.15) is 0 Å². The Labute approximate surface area is 103 Å². The largest absolute Gasteiger partial charge is 0.363 e. The molecule has 2 atom stereocenters. The van der Waals surface area contributed by atoms with E-state index >= 15 is 0 Å². The smallest absolute Gasteiger partial charge is 0.0755 e. The van der Waals surface area contributed by atoms with Crippen molar-refractivity contribution in [1.29, 1.82) is 0 Å². The van der Waals surface area contributed by atoms with E-state index in [9.17, 15) is 0 Å². The monoisotopic (exact) mass is 234 g/mol. The first-order valence-electron chi connectivity index (χ1n) is 6.59. The lowest BCUT2D eigenvalue weighted by molar-refractivity contribution is 0.261. The van der Waals surface area contributed by atoms with E-state index in [4.69, 9.17) is 0 Å². The average molecular weight is 234 g/mol. The SMILES string of the molecule is CC1CNC(C)(C2CC2)CN1c1cnn(C)c1. The molecular weight excluding hydrogens is 212 g/mol. The fourth-order valence-electron chi connectivity index (χ4n) is 2.95. The summed E-state index contributed by atoms with van der Waals surface area (Å²) in [4.78, 5) is 2.50. The maximum Gasteiger partial charge on any atom is 0.0755 e. The van der Waals surface area contributed by atoms with E-state index in [1.165, 1.54) is 18.5 Å². The van der Waals surface area contributed by atoms with Gasteiger partial charge in [0.2, 0.25) is 0 Å². The minimum Gasteiger partial charge on any atom is -0.363 e. The number of hydrogen-bond donors (Lipinski definition) is 1. The number of piperazine rings is 1. The third kappa shape index (κ3) is 1.95. The molecule has 0 spiro atoms. The van der Waals surface area contributed by atoms with Crippen LogP contribution < -0.4 is 10.2 Å². The van der Waals surface area contributed by atoms with Gasteiger partial charge in [-0.3, -0.25) is 4.68 Å². The fraction of sp³-hybridized carbons (Fsp3) is 0.769. The topological polar surface area (TPSA) is 33.1 Å². The van der Waals surface area contributed by atoms with Crippen LogP contribution in [-0.2, 0) is 7.05 Å². The lowest BCUT2D eigenvalue weighted by atomic mass is 9.91. The van der Waals surface area contributed by atoms with E-state index in [0.717, 1.165) is 19.0 Å². The van der Waals surface area contributed by atoms with Crippen LogP contribution in [0.25, 0.3) is 0 Å². The van der Waals surface area contributed by atoms with Gasteiger partial charge >= 0.3 is 0 Å². The van der Waals surface area contributed by atoms with Crippen LogP contribution >= 0.6 is 0 Å². The number of nitrogens with one attached hydrogen (secondary N) is 1. The molecule has 0 aromatic carbocycles. The van der Waals surface area contributed by atoms with Crippen molar-refractivity contribution in [3.63, 3.8) is 0 Å². The third-order valence-electron chi connectivity index (χ3n) is 4.33. The molecule has 1 saturated carbocycles. The number of rotatable bonds is 2. The van der Waals surface area contributed by atoms with Crippen molar-refractivity contribution in [1.82, 2.24) is 15.1 Å². The summed E-state index contributed by atoms with van der Waals surface area (Å²) in [6.45, 7) is 6.83. The summed E-state index contributed by atoms with van der Waals surface area (Å²) in [6, 6.07) is 0.547. The van der Waals surface area contributed by atoms with Crippen LogP contribution in [0.1, 0.15) is 26.7 Å². The summed E-state index contributed by atoms with van der Waals surface area (Å²) >= 11 is 0. The molecule has 1 saturated heterocycles. The average Bonchev–Trinajstić information content (AvgIpc) is 3.07. The lowest BCUT2D eigenvalue weighted by Gasteiger charge is -2.46. The second kappa shape index (κ2) is 3.73. The Kier molecular flexibility index (Phi) is 2.43. The van der Waals surface area contributed by atoms with Gasteiger partial charge in [0.05, 0.1) is 11.9 Å². The minimum atomic E-state index is 0.294. The van der Waals surface area contributed by atoms with Gasteiger partial charge in [-0.05, 0) is 32.6 Å². The van der Waals surface area contributed by atoms with Crippen molar-refractivity contribution >= 4 is 5.69 Å². The molecule has 4 heteroatoms. The summed E-state index contributed by atoms with van der Waals surface area (Å²) in [5, 5.41) is 8.03. The molecule has 1 N–H and O–H groups in total. The van der Waals surface area contributed by atoms with Crippen molar-refractivity contribution in [2.24, 2.45) is 13.0 Å². The zero-order chi connectivity index (χ0) is 12.0. The summed E-state index contributed by atoms with van der Waals surface area (Å²) in [6.07, 6.45) is 6.88. The van der Waals surface area contributed by atoms with E-state index in [0.29, 0.717) is 11.6 Å². The molecular formula is C13H22N4. The first-order valence-corrected chi connectivity index (χ1v) is 6.59. The van der Waals surface area contributed by atoms with Crippen molar-refractivity contribution in [2.75, 3.05) is 18.0 Å². The number of anilines is 1. The van der Waals surface area contributed by atoms with Crippen LogP contribution in [-0.4, -0.2) is 34.5 Å². The Bertz CT molecular complexity index is 409. The van der Waals surface area contributed by atoms with Crippen LogP contribution in [0.3, 0.4) is 0 Å². The molecule has 4 nitrogen and oxygen atoms in total. The molecule has 0 bridgehead atoms. The van der Waals surface area contributed by atoms with Gasteiger partial charge in [-0.25, -0.2) is 0 Å². The zero-order valence-electron chi connectivity index (χ0n) is 11.0. The molecule has 2 heterocycles. The van der Waals surface area contributed by atoms with Crippen molar-refractivity contribution < 1.29 is 0 Å². The second-order valence-electron chi connectivity index (χ2n) is 5.92. The Balaban J connectivity index is 1.82. The van der Waals surface area contributed by atoms with Gasteiger partial charge in [-0.15, -0.1) is 0 Å². The second-order valence-corrected chi connectivity index (χ2v) is 5.92. The van der Waals surface area contributed by atoms with Crippen LogP contribution in [0.2, 0.25) is 0 Å². The molecule has 0 amide bonds. The molecule has 1 aliphatic heterocycles. The van der Waals surface area contributed by atoms with E-state index in [1.54, 1.807) is 0 Å². The number of nitrogens with zero attached hydrogens (tertiary/aromatic N) is 3. The lowest BCUT2D eigenvalue weighted by Crippen LogP contribution is -2.63. The maximum absolute atomic E-state index is 4.29. The standard InChI is InChI=1S/C13H22N4/c1-10-6-14-13(2,11-4-5-11)9-17(10)12-7-15-16(3)8-12/h7-8,10-11,14H,4-6,9H2,1-3H3. The highest BCUT2D eigenvalue weighted by Crippen LogP contribution is 2.41. The van der Waals surface area contributed by atoms with E-state index < -0.39 is 0 Å². The normalized spacial score (nSPS) is 34.1. The van der Waals surface area contributed by atoms with Gasteiger partial charge in [0, 0.05) is 37.9 Å². The number of aromatic nitrogens is 2. The highest BCUT2D eigenvalue weighted by molar-refractivity contribution is 5.45. The minimum absolute atomic E-state index is 0.294. The predicted octanol–water partition coefficient (Wildman–Crippen LogP) is 1.39. The molecule has 3 rings (SSSR count). The Hall–Kier alpha value is -1.03. The number of aryl methyl sites for hydroxylation is 1. The van der Waals surface area contributed by atoms with Gasteiger partial charge in [-0.1, -0.05) is 0 Å². The molecule has 2 fully saturated rings. The van der Waals surface area contributed by atoms with Crippen molar-refractivity contribution in [2.45, 2.75) is 38.3 Å². The van der Waals surface area contributed by atoms with Crippen LogP contribution in [0, 0.1) is 5.92 Å². The molecule has 1 aromatic rings. The highest BCUT2D eigenvalue weighted by atomic mass is 15.3.